The van der Waals surface area contributed by atoms with Crippen molar-refractivity contribution in [2.24, 2.45) is 10.8 Å². The molecule has 0 aromatic carbocycles. The lowest BCUT2D eigenvalue weighted by molar-refractivity contribution is 0.0729. The molecule has 1 aliphatic carbocycles. The zero-order valence-corrected chi connectivity index (χ0v) is 14.4. The minimum absolute atomic E-state index is 0.265. The number of ether oxygens (including phenoxy) is 1. The summed E-state index contributed by atoms with van der Waals surface area (Å²) in [5.74, 6) is 0.970. The van der Waals surface area contributed by atoms with Gasteiger partial charge in [0.25, 0.3) is 0 Å². The average molecular weight is 293 g/mol. The SMILES string of the molecule is COCC(C)Nc1nccn1C1CC(C)(C)CC(C)(C)C1. The van der Waals surface area contributed by atoms with Gasteiger partial charge in [-0.25, -0.2) is 4.98 Å². The summed E-state index contributed by atoms with van der Waals surface area (Å²) in [4.78, 5) is 4.51. The van der Waals surface area contributed by atoms with Gasteiger partial charge >= 0.3 is 0 Å². The van der Waals surface area contributed by atoms with E-state index in [2.05, 4.69) is 55.7 Å². The Morgan fingerprint density at radius 1 is 1.33 bits per heavy atom. The number of hydrogen-bond acceptors (Lipinski definition) is 3. The number of aromatic nitrogens is 2. The van der Waals surface area contributed by atoms with Crippen molar-refractivity contribution < 1.29 is 4.74 Å². The van der Waals surface area contributed by atoms with Gasteiger partial charge in [0.1, 0.15) is 0 Å². The van der Waals surface area contributed by atoms with Gasteiger partial charge < -0.3 is 14.6 Å². The monoisotopic (exact) mass is 293 g/mol. The molecule has 1 aliphatic rings. The van der Waals surface area contributed by atoms with E-state index in [4.69, 9.17) is 4.74 Å². The second-order valence-corrected chi connectivity index (χ2v) is 8.23. The van der Waals surface area contributed by atoms with Crippen LogP contribution in [0.5, 0.6) is 0 Å². The molecule has 4 heteroatoms. The van der Waals surface area contributed by atoms with Gasteiger partial charge in [-0.2, -0.15) is 0 Å². The lowest BCUT2D eigenvalue weighted by atomic mass is 9.63. The summed E-state index contributed by atoms with van der Waals surface area (Å²) in [6.07, 6.45) is 7.72. The molecule has 0 saturated heterocycles. The lowest BCUT2D eigenvalue weighted by Gasteiger charge is -2.45. The average Bonchev–Trinajstić information content (AvgIpc) is 2.73. The second-order valence-electron chi connectivity index (χ2n) is 8.23. The Morgan fingerprint density at radius 3 is 2.52 bits per heavy atom. The predicted molar refractivity (Wildman–Crippen MR) is 87.6 cm³/mol. The first-order chi connectivity index (χ1) is 9.72. The number of hydrogen-bond donors (Lipinski definition) is 1. The van der Waals surface area contributed by atoms with Gasteiger partial charge in [-0.3, -0.25) is 0 Å². The molecule has 1 heterocycles. The van der Waals surface area contributed by atoms with Gasteiger partial charge in [-0.05, 0) is 37.0 Å². The minimum atomic E-state index is 0.265. The summed E-state index contributed by atoms with van der Waals surface area (Å²) in [6, 6.07) is 0.782. The van der Waals surface area contributed by atoms with Crippen molar-refractivity contribution in [3.63, 3.8) is 0 Å². The number of imidazole rings is 1. The van der Waals surface area contributed by atoms with Crippen LogP contribution in [0.3, 0.4) is 0 Å². The van der Waals surface area contributed by atoms with E-state index >= 15 is 0 Å². The molecule has 1 unspecified atom stereocenters. The van der Waals surface area contributed by atoms with E-state index in [9.17, 15) is 0 Å². The fourth-order valence-electron chi connectivity index (χ4n) is 4.22. The van der Waals surface area contributed by atoms with Crippen LogP contribution >= 0.6 is 0 Å². The molecule has 0 amide bonds. The highest BCUT2D eigenvalue weighted by Gasteiger charge is 2.39. The van der Waals surface area contributed by atoms with E-state index < -0.39 is 0 Å². The summed E-state index contributed by atoms with van der Waals surface area (Å²) < 4.78 is 7.53. The zero-order valence-electron chi connectivity index (χ0n) is 14.4. The van der Waals surface area contributed by atoms with Crippen LogP contribution in [-0.2, 0) is 4.74 Å². The highest BCUT2D eigenvalue weighted by atomic mass is 16.5. The summed E-state index contributed by atoms with van der Waals surface area (Å²) in [5.41, 5.74) is 0.762. The Balaban J connectivity index is 2.16. The maximum atomic E-state index is 5.20. The predicted octanol–water partition coefficient (Wildman–Crippen LogP) is 4.11. The largest absolute Gasteiger partial charge is 0.383 e. The van der Waals surface area contributed by atoms with E-state index in [0.29, 0.717) is 23.5 Å². The number of anilines is 1. The highest BCUT2D eigenvalue weighted by molar-refractivity contribution is 5.28. The van der Waals surface area contributed by atoms with E-state index in [0.717, 1.165) is 5.95 Å². The Labute approximate surface area is 129 Å². The van der Waals surface area contributed by atoms with Crippen LogP contribution in [0, 0.1) is 10.8 Å². The van der Waals surface area contributed by atoms with Gasteiger partial charge in [0.15, 0.2) is 0 Å². The minimum Gasteiger partial charge on any atom is -0.383 e. The Kier molecular flexibility index (Phi) is 4.66. The van der Waals surface area contributed by atoms with E-state index in [-0.39, 0.29) is 6.04 Å². The number of nitrogens with zero attached hydrogens (tertiary/aromatic N) is 2. The first-order valence-electron chi connectivity index (χ1n) is 8.01. The molecule has 1 fully saturated rings. The third kappa shape index (κ3) is 4.22. The fourth-order valence-corrected chi connectivity index (χ4v) is 4.22. The van der Waals surface area contributed by atoms with Crippen LogP contribution < -0.4 is 5.32 Å². The Morgan fingerprint density at radius 2 is 1.95 bits per heavy atom. The van der Waals surface area contributed by atoms with E-state index in [1.165, 1.54) is 19.3 Å². The molecular weight excluding hydrogens is 262 g/mol. The summed E-state index contributed by atoms with van der Waals surface area (Å²) in [6.45, 7) is 12.4. The second kappa shape index (κ2) is 5.99. The van der Waals surface area contributed by atoms with Crippen molar-refractivity contribution in [1.82, 2.24) is 9.55 Å². The summed E-state index contributed by atoms with van der Waals surface area (Å²) >= 11 is 0. The van der Waals surface area contributed by atoms with Gasteiger partial charge in [0, 0.05) is 31.6 Å². The molecule has 120 valence electrons. The summed E-state index contributed by atoms with van der Waals surface area (Å²) in [5, 5.41) is 3.47. The number of nitrogens with one attached hydrogen (secondary N) is 1. The summed E-state index contributed by atoms with van der Waals surface area (Å²) in [7, 11) is 1.73. The van der Waals surface area contributed by atoms with Crippen LogP contribution in [0.25, 0.3) is 0 Å². The van der Waals surface area contributed by atoms with Crippen molar-refractivity contribution >= 4 is 5.95 Å². The molecule has 1 aromatic heterocycles. The van der Waals surface area contributed by atoms with Crippen molar-refractivity contribution in [2.75, 3.05) is 19.0 Å². The van der Waals surface area contributed by atoms with Crippen molar-refractivity contribution in [3.8, 4) is 0 Å². The van der Waals surface area contributed by atoms with E-state index in [1.54, 1.807) is 7.11 Å². The van der Waals surface area contributed by atoms with Gasteiger partial charge in [0.05, 0.1) is 6.61 Å². The van der Waals surface area contributed by atoms with Gasteiger partial charge in [-0.15, -0.1) is 0 Å². The van der Waals surface area contributed by atoms with Gasteiger partial charge in [-0.1, -0.05) is 27.7 Å². The third-order valence-electron chi connectivity index (χ3n) is 4.39. The molecular formula is C17H31N3O. The molecule has 1 aromatic rings. The lowest BCUT2D eigenvalue weighted by Crippen LogP contribution is -2.35. The smallest absolute Gasteiger partial charge is 0.203 e. The molecule has 0 radical (unpaired) electrons. The number of methoxy groups -OCH3 is 1. The van der Waals surface area contributed by atoms with Crippen molar-refractivity contribution in [1.29, 1.82) is 0 Å². The van der Waals surface area contributed by atoms with Crippen molar-refractivity contribution in [3.05, 3.63) is 12.4 Å². The molecule has 4 nitrogen and oxygen atoms in total. The van der Waals surface area contributed by atoms with Gasteiger partial charge in [0.2, 0.25) is 5.95 Å². The molecule has 0 spiro atoms. The quantitative estimate of drug-likeness (QED) is 0.888. The zero-order chi connectivity index (χ0) is 15.7. The highest BCUT2D eigenvalue weighted by Crippen LogP contribution is 2.50. The first kappa shape index (κ1) is 16.3. The molecule has 0 aliphatic heterocycles. The standard InChI is InChI=1S/C17H31N3O/c1-13(11-21-6)19-15-18-7-8-20(15)14-9-16(2,3)12-17(4,5)10-14/h7-8,13-14H,9-12H2,1-6H3,(H,18,19). The fraction of sp³-hybridized carbons (Fsp3) is 0.824. The van der Waals surface area contributed by atoms with Crippen LogP contribution in [0.1, 0.15) is 59.9 Å². The first-order valence-corrected chi connectivity index (χ1v) is 8.01. The molecule has 21 heavy (non-hydrogen) atoms. The maximum Gasteiger partial charge on any atom is 0.203 e. The topological polar surface area (TPSA) is 39.1 Å². The molecule has 1 atom stereocenters. The molecule has 1 N–H and O–H groups in total. The van der Waals surface area contributed by atoms with E-state index in [1.807, 2.05) is 6.20 Å². The van der Waals surface area contributed by atoms with Crippen LogP contribution in [-0.4, -0.2) is 29.3 Å². The Bertz CT molecular complexity index is 448. The Hall–Kier alpha value is -1.03. The molecule has 0 bridgehead atoms. The third-order valence-corrected chi connectivity index (χ3v) is 4.39. The molecule has 1 saturated carbocycles. The number of rotatable bonds is 5. The van der Waals surface area contributed by atoms with Crippen LogP contribution in [0.4, 0.5) is 5.95 Å². The van der Waals surface area contributed by atoms with Crippen molar-refractivity contribution in [2.45, 2.75) is 66.0 Å². The normalized spacial score (nSPS) is 23.0. The molecule has 2 rings (SSSR count). The van der Waals surface area contributed by atoms with Crippen LogP contribution in [0.15, 0.2) is 12.4 Å². The maximum absolute atomic E-state index is 5.20. The van der Waals surface area contributed by atoms with Crippen LogP contribution in [0.2, 0.25) is 0 Å².